The highest BCUT2D eigenvalue weighted by atomic mass is 35.5. The first-order valence-electron chi connectivity index (χ1n) is 8.44. The molecule has 2 bridgehead atoms. The molecule has 7 heteroatoms. The van der Waals surface area contributed by atoms with Gasteiger partial charge in [0, 0.05) is 24.0 Å². The molecule has 2 aliphatic heterocycles. The Hall–Kier alpha value is -1.40. The van der Waals surface area contributed by atoms with Crippen molar-refractivity contribution in [2.45, 2.75) is 64.5 Å². The highest BCUT2D eigenvalue weighted by Gasteiger charge is 2.39. The largest absolute Gasteiger partial charge is 0.331 e. The number of aromatic nitrogens is 2. The van der Waals surface area contributed by atoms with Crippen LogP contribution in [0.4, 0.5) is 0 Å². The van der Waals surface area contributed by atoms with Crippen LogP contribution in [0.25, 0.3) is 0 Å². The molecule has 1 aromatic rings. The molecule has 2 fully saturated rings. The second-order valence-electron chi connectivity index (χ2n) is 7.72. The molecular weight excluding hydrogens is 328 g/mol. The normalized spacial score (nSPS) is 23.6. The summed E-state index contributed by atoms with van der Waals surface area (Å²) in [6, 6.07) is 0.430. The number of aromatic amines is 1. The van der Waals surface area contributed by atoms with Crippen LogP contribution >= 0.6 is 12.4 Å². The number of rotatable bonds is 1. The van der Waals surface area contributed by atoms with Gasteiger partial charge >= 0.3 is 0 Å². The Morgan fingerprint density at radius 3 is 2.50 bits per heavy atom. The number of halogens is 1. The van der Waals surface area contributed by atoms with Crippen molar-refractivity contribution in [3.8, 4) is 0 Å². The van der Waals surface area contributed by atoms with Gasteiger partial charge in [-0.3, -0.25) is 9.59 Å². The lowest BCUT2D eigenvalue weighted by atomic mass is 9.95. The van der Waals surface area contributed by atoms with Crippen molar-refractivity contribution < 1.29 is 4.79 Å². The van der Waals surface area contributed by atoms with Gasteiger partial charge in [-0.25, -0.2) is 4.98 Å². The molecule has 134 valence electrons. The molecule has 0 radical (unpaired) electrons. The third-order valence-corrected chi connectivity index (χ3v) is 4.91. The molecule has 3 heterocycles. The monoisotopic (exact) mass is 354 g/mol. The number of hydrogen-bond donors (Lipinski definition) is 2. The highest BCUT2D eigenvalue weighted by Crippen LogP contribution is 2.29. The van der Waals surface area contributed by atoms with Crippen molar-refractivity contribution >= 4 is 18.3 Å². The van der Waals surface area contributed by atoms with Gasteiger partial charge in [0.1, 0.15) is 11.4 Å². The van der Waals surface area contributed by atoms with Crippen LogP contribution in [0.5, 0.6) is 0 Å². The van der Waals surface area contributed by atoms with Gasteiger partial charge in [-0.15, -0.1) is 12.4 Å². The molecule has 0 aromatic carbocycles. The predicted octanol–water partition coefficient (Wildman–Crippen LogP) is 1.76. The number of hydrogen-bond acceptors (Lipinski definition) is 4. The average molecular weight is 355 g/mol. The minimum Gasteiger partial charge on any atom is -0.331 e. The number of nitrogens with one attached hydrogen (secondary N) is 2. The SMILES string of the molecule is Cc1nc(C(C)(C)C)[nH]c(=O)c1C(=O)N1C2CCNCC1CC2.Cl. The van der Waals surface area contributed by atoms with Crippen LogP contribution in [0.3, 0.4) is 0 Å². The summed E-state index contributed by atoms with van der Waals surface area (Å²) >= 11 is 0. The number of fused-ring (bicyclic) bond motifs is 2. The molecule has 24 heavy (non-hydrogen) atoms. The molecule has 2 N–H and O–H groups in total. The topological polar surface area (TPSA) is 78.1 Å². The summed E-state index contributed by atoms with van der Waals surface area (Å²) in [5, 5.41) is 3.38. The van der Waals surface area contributed by atoms with Gasteiger partial charge in [-0.2, -0.15) is 0 Å². The quantitative estimate of drug-likeness (QED) is 0.805. The minimum absolute atomic E-state index is 0. The Bertz CT molecular complexity index is 666. The second kappa shape index (κ2) is 6.84. The van der Waals surface area contributed by atoms with E-state index in [1.165, 1.54) is 0 Å². The maximum Gasteiger partial charge on any atom is 0.264 e. The van der Waals surface area contributed by atoms with Crippen LogP contribution in [0.15, 0.2) is 4.79 Å². The van der Waals surface area contributed by atoms with Crippen molar-refractivity contribution in [3.05, 3.63) is 27.4 Å². The van der Waals surface area contributed by atoms with E-state index in [0.29, 0.717) is 11.5 Å². The summed E-state index contributed by atoms with van der Waals surface area (Å²) < 4.78 is 0. The van der Waals surface area contributed by atoms with Crippen molar-refractivity contribution in [2.24, 2.45) is 0 Å². The first-order valence-corrected chi connectivity index (χ1v) is 8.44. The Morgan fingerprint density at radius 1 is 1.21 bits per heavy atom. The summed E-state index contributed by atoms with van der Waals surface area (Å²) in [7, 11) is 0. The van der Waals surface area contributed by atoms with Crippen LogP contribution in [0, 0.1) is 6.92 Å². The van der Waals surface area contributed by atoms with Crippen molar-refractivity contribution in [1.82, 2.24) is 20.2 Å². The number of carbonyl (C=O) groups excluding carboxylic acids is 1. The fourth-order valence-electron chi connectivity index (χ4n) is 3.64. The molecule has 2 atom stereocenters. The highest BCUT2D eigenvalue weighted by molar-refractivity contribution is 5.95. The number of amides is 1. The van der Waals surface area contributed by atoms with Gasteiger partial charge in [0.15, 0.2) is 0 Å². The Balaban J connectivity index is 0.00000208. The lowest BCUT2D eigenvalue weighted by molar-refractivity contribution is 0.0677. The molecule has 1 amide bonds. The average Bonchev–Trinajstić information content (AvgIpc) is 2.70. The summed E-state index contributed by atoms with van der Waals surface area (Å²) in [5.74, 6) is 0.463. The molecule has 2 unspecified atom stereocenters. The Kier molecular flexibility index (Phi) is 5.40. The van der Waals surface area contributed by atoms with Gasteiger partial charge in [0.2, 0.25) is 0 Å². The van der Waals surface area contributed by atoms with E-state index in [9.17, 15) is 9.59 Å². The van der Waals surface area contributed by atoms with Gasteiger partial charge in [-0.1, -0.05) is 20.8 Å². The molecule has 1 aromatic heterocycles. The zero-order valence-corrected chi connectivity index (χ0v) is 15.6. The smallest absolute Gasteiger partial charge is 0.264 e. The van der Waals surface area contributed by atoms with E-state index in [2.05, 4.69) is 15.3 Å². The first-order chi connectivity index (χ1) is 10.8. The number of carbonyl (C=O) groups is 1. The first kappa shape index (κ1) is 18.9. The molecule has 2 aliphatic rings. The predicted molar refractivity (Wildman–Crippen MR) is 96.0 cm³/mol. The van der Waals surface area contributed by atoms with Crippen LogP contribution in [-0.4, -0.2) is 45.9 Å². The molecule has 0 aliphatic carbocycles. The molecule has 3 rings (SSSR count). The van der Waals surface area contributed by atoms with Crippen LogP contribution in [0.1, 0.15) is 61.9 Å². The Morgan fingerprint density at radius 2 is 1.88 bits per heavy atom. The second-order valence-corrected chi connectivity index (χ2v) is 7.72. The van der Waals surface area contributed by atoms with E-state index in [4.69, 9.17) is 0 Å². The summed E-state index contributed by atoms with van der Waals surface area (Å²) in [6.45, 7) is 9.48. The zero-order chi connectivity index (χ0) is 16.8. The molecule has 0 spiro atoms. The summed E-state index contributed by atoms with van der Waals surface area (Å²) in [5.41, 5.74) is 0.165. The number of nitrogens with zero attached hydrogens (tertiary/aromatic N) is 2. The van der Waals surface area contributed by atoms with Crippen molar-refractivity contribution in [3.63, 3.8) is 0 Å². The lowest BCUT2D eigenvalue weighted by Crippen LogP contribution is -2.45. The van der Waals surface area contributed by atoms with Gasteiger partial charge in [0.05, 0.1) is 5.69 Å². The maximum atomic E-state index is 13.1. The van der Waals surface area contributed by atoms with E-state index in [-0.39, 0.29) is 46.9 Å². The summed E-state index contributed by atoms with van der Waals surface area (Å²) in [6.07, 6.45) is 2.99. The Labute approximate surface area is 148 Å². The van der Waals surface area contributed by atoms with Crippen LogP contribution in [0.2, 0.25) is 0 Å². The zero-order valence-electron chi connectivity index (χ0n) is 14.8. The van der Waals surface area contributed by atoms with Crippen LogP contribution < -0.4 is 10.9 Å². The number of H-pyrrole nitrogens is 1. The molecule has 0 saturated carbocycles. The van der Waals surface area contributed by atoms with E-state index < -0.39 is 0 Å². The minimum atomic E-state index is -0.316. The molecule has 6 nitrogen and oxygen atoms in total. The van der Waals surface area contributed by atoms with E-state index in [1.807, 2.05) is 25.7 Å². The fourth-order valence-corrected chi connectivity index (χ4v) is 3.64. The molecular formula is C17H27ClN4O2. The summed E-state index contributed by atoms with van der Waals surface area (Å²) in [4.78, 5) is 34.8. The third-order valence-electron chi connectivity index (χ3n) is 4.91. The van der Waals surface area contributed by atoms with Gasteiger partial charge in [0.25, 0.3) is 11.5 Å². The standard InChI is InChI=1S/C17H26N4O2.ClH/c1-10-13(14(22)20-16(19-10)17(2,3)4)15(23)21-11-5-6-12(21)9-18-8-7-11;/h11-12,18H,5-9H2,1-4H3,(H,19,20,22);1H. The number of aryl methyl sites for hydroxylation is 1. The maximum absolute atomic E-state index is 13.1. The fraction of sp³-hybridized carbons (Fsp3) is 0.706. The third kappa shape index (κ3) is 3.35. The van der Waals surface area contributed by atoms with E-state index in [0.717, 1.165) is 32.4 Å². The van der Waals surface area contributed by atoms with Crippen molar-refractivity contribution in [1.29, 1.82) is 0 Å². The van der Waals surface area contributed by atoms with Crippen molar-refractivity contribution in [2.75, 3.05) is 13.1 Å². The molecule has 2 saturated heterocycles. The van der Waals surface area contributed by atoms with Gasteiger partial charge in [-0.05, 0) is 32.7 Å². The van der Waals surface area contributed by atoms with Gasteiger partial charge < -0.3 is 15.2 Å². The van der Waals surface area contributed by atoms with E-state index in [1.54, 1.807) is 6.92 Å². The van der Waals surface area contributed by atoms with Crippen LogP contribution in [-0.2, 0) is 5.41 Å². The lowest BCUT2D eigenvalue weighted by Gasteiger charge is -2.28. The van der Waals surface area contributed by atoms with E-state index >= 15 is 0 Å².